The minimum Gasteiger partial charge on any atom is -0.462 e. The van der Waals surface area contributed by atoms with Crippen LogP contribution in [-0.2, 0) is 4.74 Å². The van der Waals surface area contributed by atoms with Crippen LogP contribution in [0, 0.1) is 0 Å². The quantitative estimate of drug-likeness (QED) is 0.285. The van der Waals surface area contributed by atoms with Crippen molar-refractivity contribution in [1.29, 1.82) is 0 Å². The number of rotatable bonds is 5. The lowest BCUT2D eigenvalue weighted by Gasteiger charge is -2.16. The van der Waals surface area contributed by atoms with E-state index in [1.165, 1.54) is 0 Å². The van der Waals surface area contributed by atoms with Gasteiger partial charge in [-0.25, -0.2) is 4.79 Å². The molecule has 3 heteroatoms. The Balaban J connectivity index is 2.05. The molecule has 0 aliphatic carbocycles. The lowest BCUT2D eigenvalue weighted by molar-refractivity contribution is 0.0527. The van der Waals surface area contributed by atoms with E-state index in [0.29, 0.717) is 16.7 Å². The summed E-state index contributed by atoms with van der Waals surface area (Å²) in [6.45, 7) is 3.63. The standard InChI is InChI=1S/C27H22O3/c1-3-30-27(29)26-17-25(22-15-9-13-19-12-7-8-14-21(19)22)23(18(2)28)16-24(26)20-10-5-4-6-11-20/h4-17H,3H2,1-2H3. The van der Waals surface area contributed by atoms with Crippen molar-refractivity contribution in [3.8, 4) is 22.3 Å². The Labute approximate surface area is 175 Å². The highest BCUT2D eigenvalue weighted by atomic mass is 16.5. The predicted octanol–water partition coefficient (Wildman–Crippen LogP) is 6.55. The van der Waals surface area contributed by atoms with Crippen molar-refractivity contribution >= 4 is 22.5 Å². The van der Waals surface area contributed by atoms with Gasteiger partial charge < -0.3 is 4.74 Å². The SMILES string of the molecule is CCOC(=O)c1cc(-c2cccc3ccccc23)c(C(C)=O)cc1-c1ccccc1. The van der Waals surface area contributed by atoms with Gasteiger partial charge >= 0.3 is 5.97 Å². The van der Waals surface area contributed by atoms with Gasteiger partial charge in [0.1, 0.15) is 0 Å². The van der Waals surface area contributed by atoms with Gasteiger partial charge in [-0.1, -0.05) is 72.8 Å². The minimum absolute atomic E-state index is 0.0504. The lowest BCUT2D eigenvalue weighted by atomic mass is 9.87. The number of hydrogen-bond acceptors (Lipinski definition) is 3. The van der Waals surface area contributed by atoms with E-state index in [1.807, 2.05) is 78.9 Å². The van der Waals surface area contributed by atoms with Gasteiger partial charge in [0, 0.05) is 5.56 Å². The van der Waals surface area contributed by atoms with Crippen molar-refractivity contribution < 1.29 is 14.3 Å². The van der Waals surface area contributed by atoms with Crippen LogP contribution in [-0.4, -0.2) is 18.4 Å². The predicted molar refractivity (Wildman–Crippen MR) is 121 cm³/mol. The summed E-state index contributed by atoms with van der Waals surface area (Å²) in [4.78, 5) is 25.5. The van der Waals surface area contributed by atoms with Gasteiger partial charge in [0.05, 0.1) is 12.2 Å². The molecule has 0 spiro atoms. The van der Waals surface area contributed by atoms with Gasteiger partial charge in [-0.05, 0) is 59.0 Å². The Bertz CT molecular complexity index is 1230. The molecule has 0 unspecified atom stereocenters. The average Bonchev–Trinajstić information content (AvgIpc) is 2.78. The van der Waals surface area contributed by atoms with E-state index in [1.54, 1.807) is 19.9 Å². The maximum atomic E-state index is 12.9. The summed E-state index contributed by atoms with van der Waals surface area (Å²) in [5.41, 5.74) is 4.26. The third-order valence-electron chi connectivity index (χ3n) is 5.20. The van der Waals surface area contributed by atoms with E-state index in [4.69, 9.17) is 4.74 Å². The Morgan fingerprint density at radius 2 is 1.40 bits per heavy atom. The third-order valence-corrected chi connectivity index (χ3v) is 5.20. The third kappa shape index (κ3) is 3.62. The van der Waals surface area contributed by atoms with Crippen molar-refractivity contribution in [1.82, 2.24) is 0 Å². The Morgan fingerprint density at radius 1 is 0.733 bits per heavy atom. The molecule has 0 atom stereocenters. The normalized spacial score (nSPS) is 10.7. The number of fused-ring (bicyclic) bond motifs is 1. The highest BCUT2D eigenvalue weighted by Gasteiger charge is 2.21. The van der Waals surface area contributed by atoms with Crippen LogP contribution in [0.4, 0.5) is 0 Å². The monoisotopic (exact) mass is 394 g/mol. The van der Waals surface area contributed by atoms with E-state index in [-0.39, 0.29) is 12.4 Å². The van der Waals surface area contributed by atoms with Crippen LogP contribution in [0.25, 0.3) is 33.0 Å². The zero-order chi connectivity index (χ0) is 21.1. The van der Waals surface area contributed by atoms with E-state index in [2.05, 4.69) is 0 Å². The second-order valence-electron chi connectivity index (χ2n) is 7.11. The van der Waals surface area contributed by atoms with Gasteiger partial charge in [-0.2, -0.15) is 0 Å². The van der Waals surface area contributed by atoms with Crippen LogP contribution in [0.3, 0.4) is 0 Å². The molecule has 0 amide bonds. The smallest absolute Gasteiger partial charge is 0.338 e. The highest BCUT2D eigenvalue weighted by Crippen LogP contribution is 2.36. The number of hydrogen-bond donors (Lipinski definition) is 0. The van der Waals surface area contributed by atoms with Crippen molar-refractivity contribution in [3.63, 3.8) is 0 Å². The van der Waals surface area contributed by atoms with Gasteiger partial charge in [-0.3, -0.25) is 4.79 Å². The molecule has 0 aliphatic rings. The second-order valence-corrected chi connectivity index (χ2v) is 7.11. The van der Waals surface area contributed by atoms with Crippen LogP contribution < -0.4 is 0 Å². The molecule has 3 nitrogen and oxygen atoms in total. The summed E-state index contributed by atoms with van der Waals surface area (Å²) in [5, 5.41) is 2.11. The summed E-state index contributed by atoms with van der Waals surface area (Å²) in [6.07, 6.45) is 0. The van der Waals surface area contributed by atoms with Crippen LogP contribution >= 0.6 is 0 Å². The highest BCUT2D eigenvalue weighted by molar-refractivity contribution is 6.10. The van der Waals surface area contributed by atoms with Gasteiger partial charge in [-0.15, -0.1) is 0 Å². The molecular formula is C27H22O3. The molecule has 0 heterocycles. The van der Waals surface area contributed by atoms with Crippen LogP contribution in [0.2, 0.25) is 0 Å². The molecule has 4 rings (SSSR count). The maximum absolute atomic E-state index is 12.9. The molecule has 4 aromatic rings. The van der Waals surface area contributed by atoms with Crippen molar-refractivity contribution in [3.05, 3.63) is 96.1 Å². The Morgan fingerprint density at radius 3 is 2.13 bits per heavy atom. The van der Waals surface area contributed by atoms with Crippen molar-refractivity contribution in [2.24, 2.45) is 0 Å². The first-order valence-corrected chi connectivity index (χ1v) is 9.99. The molecule has 30 heavy (non-hydrogen) atoms. The van der Waals surface area contributed by atoms with E-state index in [0.717, 1.165) is 27.5 Å². The summed E-state index contributed by atoms with van der Waals surface area (Å²) in [5.74, 6) is -0.446. The minimum atomic E-state index is -0.395. The van der Waals surface area contributed by atoms with E-state index >= 15 is 0 Å². The number of Topliss-reactive ketones (excluding diaryl/α,β-unsaturated/α-hetero) is 1. The second kappa shape index (κ2) is 8.34. The lowest BCUT2D eigenvalue weighted by Crippen LogP contribution is -2.09. The molecule has 4 aromatic carbocycles. The topological polar surface area (TPSA) is 43.4 Å². The molecule has 0 radical (unpaired) electrons. The molecule has 0 bridgehead atoms. The number of ketones is 1. The van der Waals surface area contributed by atoms with Gasteiger partial charge in [0.2, 0.25) is 0 Å². The molecule has 0 aromatic heterocycles. The number of carbonyl (C=O) groups excluding carboxylic acids is 2. The molecule has 0 N–H and O–H groups in total. The summed E-state index contributed by atoms with van der Waals surface area (Å²) < 4.78 is 5.34. The number of benzene rings is 4. The van der Waals surface area contributed by atoms with Gasteiger partial charge in [0.15, 0.2) is 5.78 Å². The molecular weight excluding hydrogens is 372 g/mol. The first kappa shape index (κ1) is 19.6. The average molecular weight is 394 g/mol. The Kier molecular flexibility index (Phi) is 5.44. The zero-order valence-electron chi connectivity index (χ0n) is 17.0. The molecule has 0 aliphatic heterocycles. The fraction of sp³-hybridized carbons (Fsp3) is 0.111. The van der Waals surface area contributed by atoms with Crippen LogP contribution in [0.15, 0.2) is 84.9 Å². The summed E-state index contributed by atoms with van der Waals surface area (Å²) in [7, 11) is 0. The molecule has 0 saturated carbocycles. The maximum Gasteiger partial charge on any atom is 0.338 e. The number of ether oxygens (including phenoxy) is 1. The zero-order valence-corrected chi connectivity index (χ0v) is 17.0. The summed E-state index contributed by atoms with van der Waals surface area (Å²) in [6, 6.07) is 27.3. The van der Waals surface area contributed by atoms with E-state index in [9.17, 15) is 9.59 Å². The summed E-state index contributed by atoms with van der Waals surface area (Å²) >= 11 is 0. The molecule has 0 saturated heterocycles. The molecule has 0 fully saturated rings. The first-order chi connectivity index (χ1) is 14.6. The van der Waals surface area contributed by atoms with Crippen LogP contribution in [0.1, 0.15) is 34.6 Å². The Hall–Kier alpha value is -3.72. The molecule has 148 valence electrons. The largest absolute Gasteiger partial charge is 0.462 e. The number of esters is 1. The fourth-order valence-electron chi connectivity index (χ4n) is 3.81. The van der Waals surface area contributed by atoms with Gasteiger partial charge in [0.25, 0.3) is 0 Å². The first-order valence-electron chi connectivity index (χ1n) is 9.99. The van der Waals surface area contributed by atoms with E-state index < -0.39 is 5.97 Å². The number of carbonyl (C=O) groups is 2. The fourth-order valence-corrected chi connectivity index (χ4v) is 3.81. The van der Waals surface area contributed by atoms with Crippen molar-refractivity contribution in [2.45, 2.75) is 13.8 Å². The van der Waals surface area contributed by atoms with Crippen molar-refractivity contribution in [2.75, 3.05) is 6.61 Å². The van der Waals surface area contributed by atoms with Crippen LogP contribution in [0.5, 0.6) is 0 Å².